The molecular weight excluding hydrogens is 204 g/mol. The molecule has 0 radical (unpaired) electrons. The Hall–Kier alpha value is -1.84. The fraction of sp³-hybridized carbons (Fsp3) is 0.333. The minimum Gasteiger partial charge on any atom is -0.507 e. The fourth-order valence-electron chi connectivity index (χ4n) is 1.89. The Bertz CT molecular complexity index is 600. The van der Waals surface area contributed by atoms with E-state index < -0.39 is 0 Å². The maximum atomic E-state index is 12.0. The van der Waals surface area contributed by atoms with E-state index in [1.807, 2.05) is 13.8 Å². The molecule has 84 valence electrons. The van der Waals surface area contributed by atoms with Crippen LogP contribution in [0.1, 0.15) is 25.3 Å². The van der Waals surface area contributed by atoms with Gasteiger partial charge in [0.2, 0.25) is 0 Å². The summed E-state index contributed by atoms with van der Waals surface area (Å²) in [5, 5.41) is 10.7. The Labute approximate surface area is 93.2 Å². The van der Waals surface area contributed by atoms with Crippen molar-refractivity contribution in [2.75, 3.05) is 0 Å². The van der Waals surface area contributed by atoms with Gasteiger partial charge < -0.3 is 5.11 Å². The van der Waals surface area contributed by atoms with Gasteiger partial charge in [0.05, 0.1) is 10.9 Å². The maximum absolute atomic E-state index is 12.0. The Kier molecular flexibility index (Phi) is 2.42. The summed E-state index contributed by atoms with van der Waals surface area (Å²) in [7, 11) is 1.67. The molecule has 0 unspecified atom stereocenters. The van der Waals surface area contributed by atoms with Crippen LogP contribution in [0.4, 0.5) is 0 Å². The van der Waals surface area contributed by atoms with Crippen molar-refractivity contribution in [3.05, 3.63) is 34.2 Å². The van der Waals surface area contributed by atoms with E-state index in [0.717, 1.165) is 0 Å². The van der Waals surface area contributed by atoms with E-state index >= 15 is 0 Å². The molecule has 2 aromatic heterocycles. The molecule has 0 amide bonds. The first-order valence-corrected chi connectivity index (χ1v) is 5.20. The van der Waals surface area contributed by atoms with Crippen molar-refractivity contribution < 1.29 is 5.11 Å². The van der Waals surface area contributed by atoms with Crippen LogP contribution in [-0.4, -0.2) is 14.7 Å². The first-order chi connectivity index (χ1) is 7.54. The third kappa shape index (κ3) is 1.38. The fourth-order valence-corrected chi connectivity index (χ4v) is 1.89. The largest absolute Gasteiger partial charge is 0.507 e. The van der Waals surface area contributed by atoms with Gasteiger partial charge in [0.1, 0.15) is 11.4 Å². The maximum Gasteiger partial charge on any atom is 0.259 e. The molecule has 4 nitrogen and oxygen atoms in total. The molecule has 4 heteroatoms. The normalized spacial score (nSPS) is 11.2. The van der Waals surface area contributed by atoms with E-state index in [0.29, 0.717) is 16.6 Å². The SMILES string of the molecule is CC(C)c1c(O)c2cccnc2n(C)c1=O. The van der Waals surface area contributed by atoms with Crippen LogP contribution in [0.25, 0.3) is 11.0 Å². The lowest BCUT2D eigenvalue weighted by Gasteiger charge is -2.12. The van der Waals surface area contributed by atoms with Gasteiger partial charge in [0, 0.05) is 13.2 Å². The van der Waals surface area contributed by atoms with Crippen molar-refractivity contribution in [1.29, 1.82) is 0 Å². The van der Waals surface area contributed by atoms with E-state index in [1.54, 1.807) is 25.4 Å². The van der Waals surface area contributed by atoms with Crippen molar-refractivity contribution in [1.82, 2.24) is 9.55 Å². The lowest BCUT2D eigenvalue weighted by atomic mass is 10.0. The number of rotatable bonds is 1. The summed E-state index contributed by atoms with van der Waals surface area (Å²) in [6.07, 6.45) is 1.61. The molecule has 0 aromatic carbocycles. The predicted octanol–water partition coefficient (Wildman–Crippen LogP) is 1.76. The summed E-state index contributed by atoms with van der Waals surface area (Å²) in [5.74, 6) is 0.0458. The van der Waals surface area contributed by atoms with Crippen molar-refractivity contribution in [3.8, 4) is 5.75 Å². The Morgan fingerprint density at radius 2 is 2.12 bits per heavy atom. The third-order valence-corrected chi connectivity index (χ3v) is 2.73. The van der Waals surface area contributed by atoms with Gasteiger partial charge in [-0.2, -0.15) is 0 Å². The molecule has 0 aliphatic heterocycles. The number of aromatic hydroxyl groups is 1. The summed E-state index contributed by atoms with van der Waals surface area (Å²) in [6.45, 7) is 3.78. The Balaban J connectivity index is 3.01. The Morgan fingerprint density at radius 3 is 2.75 bits per heavy atom. The van der Waals surface area contributed by atoms with Crippen molar-refractivity contribution >= 4 is 11.0 Å². The lowest BCUT2D eigenvalue weighted by Crippen LogP contribution is -2.23. The summed E-state index contributed by atoms with van der Waals surface area (Å²) in [4.78, 5) is 16.1. The number of pyridine rings is 2. The average Bonchev–Trinajstić information content (AvgIpc) is 2.26. The molecule has 1 N–H and O–H groups in total. The van der Waals surface area contributed by atoms with E-state index in [4.69, 9.17) is 0 Å². The van der Waals surface area contributed by atoms with Crippen molar-refractivity contribution in [2.24, 2.45) is 7.05 Å². The molecule has 0 saturated heterocycles. The molecule has 2 heterocycles. The number of fused-ring (bicyclic) bond motifs is 1. The molecule has 0 bridgehead atoms. The second-order valence-corrected chi connectivity index (χ2v) is 4.16. The number of aryl methyl sites for hydroxylation is 1. The summed E-state index contributed by atoms with van der Waals surface area (Å²) >= 11 is 0. The minimum absolute atomic E-state index is 0.0108. The second-order valence-electron chi connectivity index (χ2n) is 4.16. The summed E-state index contributed by atoms with van der Waals surface area (Å²) in [5.41, 5.74) is 0.774. The van der Waals surface area contributed by atoms with Crippen LogP contribution >= 0.6 is 0 Å². The first-order valence-electron chi connectivity index (χ1n) is 5.20. The quantitative estimate of drug-likeness (QED) is 0.793. The highest BCUT2D eigenvalue weighted by Crippen LogP contribution is 2.28. The monoisotopic (exact) mass is 218 g/mol. The van der Waals surface area contributed by atoms with Gasteiger partial charge in [-0.25, -0.2) is 4.98 Å². The summed E-state index contributed by atoms with van der Waals surface area (Å²) in [6, 6.07) is 3.51. The van der Waals surface area contributed by atoms with Gasteiger partial charge in [-0.05, 0) is 18.1 Å². The van der Waals surface area contributed by atoms with E-state index in [2.05, 4.69) is 4.98 Å². The van der Waals surface area contributed by atoms with Gasteiger partial charge in [-0.15, -0.1) is 0 Å². The molecule has 0 aliphatic carbocycles. The highest BCUT2D eigenvalue weighted by molar-refractivity contribution is 5.83. The van der Waals surface area contributed by atoms with Gasteiger partial charge in [-0.1, -0.05) is 13.8 Å². The smallest absolute Gasteiger partial charge is 0.259 e. The number of aromatic nitrogens is 2. The second kappa shape index (κ2) is 3.63. The minimum atomic E-state index is -0.182. The van der Waals surface area contributed by atoms with Crippen LogP contribution in [0.2, 0.25) is 0 Å². The van der Waals surface area contributed by atoms with E-state index in [-0.39, 0.29) is 17.2 Å². The Morgan fingerprint density at radius 1 is 1.44 bits per heavy atom. The van der Waals surface area contributed by atoms with Gasteiger partial charge in [0.15, 0.2) is 0 Å². The van der Waals surface area contributed by atoms with Crippen LogP contribution < -0.4 is 5.56 Å². The highest BCUT2D eigenvalue weighted by Gasteiger charge is 2.17. The molecule has 0 aliphatic rings. The van der Waals surface area contributed by atoms with Gasteiger partial charge in [0.25, 0.3) is 5.56 Å². The zero-order chi connectivity index (χ0) is 11.9. The number of hydrogen-bond acceptors (Lipinski definition) is 3. The van der Waals surface area contributed by atoms with E-state index in [1.165, 1.54) is 4.57 Å². The van der Waals surface area contributed by atoms with E-state index in [9.17, 15) is 9.90 Å². The molecule has 0 fully saturated rings. The van der Waals surface area contributed by atoms with Crippen LogP contribution in [0, 0.1) is 0 Å². The number of nitrogens with zero attached hydrogens (tertiary/aromatic N) is 2. The van der Waals surface area contributed by atoms with Crippen molar-refractivity contribution in [3.63, 3.8) is 0 Å². The lowest BCUT2D eigenvalue weighted by molar-refractivity contribution is 0.467. The molecule has 0 atom stereocenters. The van der Waals surface area contributed by atoms with Crippen LogP contribution in [0.5, 0.6) is 5.75 Å². The first kappa shape index (κ1) is 10.7. The molecule has 2 rings (SSSR count). The molecular formula is C12H14N2O2. The molecule has 2 aromatic rings. The molecule has 0 saturated carbocycles. The van der Waals surface area contributed by atoms with Crippen LogP contribution in [0.3, 0.4) is 0 Å². The third-order valence-electron chi connectivity index (χ3n) is 2.73. The average molecular weight is 218 g/mol. The number of hydrogen-bond donors (Lipinski definition) is 1. The zero-order valence-corrected chi connectivity index (χ0v) is 9.56. The van der Waals surface area contributed by atoms with Gasteiger partial charge >= 0.3 is 0 Å². The predicted molar refractivity (Wildman–Crippen MR) is 62.7 cm³/mol. The standard InChI is InChI=1S/C12H14N2O2/c1-7(2)9-10(15)8-5-4-6-13-11(8)14(3)12(9)16/h4-7,15H,1-3H3. The zero-order valence-electron chi connectivity index (χ0n) is 9.56. The van der Waals surface area contributed by atoms with Crippen LogP contribution in [0.15, 0.2) is 23.1 Å². The molecule has 16 heavy (non-hydrogen) atoms. The molecule has 0 spiro atoms. The topological polar surface area (TPSA) is 55.1 Å². The highest BCUT2D eigenvalue weighted by atomic mass is 16.3. The summed E-state index contributed by atoms with van der Waals surface area (Å²) < 4.78 is 1.48. The van der Waals surface area contributed by atoms with Crippen LogP contribution in [-0.2, 0) is 7.05 Å². The van der Waals surface area contributed by atoms with Crippen molar-refractivity contribution in [2.45, 2.75) is 19.8 Å². The van der Waals surface area contributed by atoms with Gasteiger partial charge in [-0.3, -0.25) is 9.36 Å².